The summed E-state index contributed by atoms with van der Waals surface area (Å²) in [6.07, 6.45) is 0. The molecule has 1 heterocycles. The Balaban J connectivity index is 1.97. The molecule has 5 heteroatoms. The second kappa shape index (κ2) is 4.93. The second-order valence-corrected chi connectivity index (χ2v) is 5.24. The van der Waals surface area contributed by atoms with E-state index < -0.39 is 11.8 Å². The number of nitrogens with two attached hydrogens (primary N) is 1. The predicted octanol–water partition coefficient (Wildman–Crippen LogP) is 3.10. The van der Waals surface area contributed by atoms with E-state index in [0.717, 1.165) is 5.39 Å². The molecule has 0 unspecified atom stereocenters. The Morgan fingerprint density at radius 2 is 1.48 bits per heavy atom. The lowest BCUT2D eigenvalue weighted by molar-refractivity contribution is 0.0654. The molecule has 0 aromatic heterocycles. The molecule has 2 amide bonds. The van der Waals surface area contributed by atoms with Gasteiger partial charge in [-0.15, -0.1) is 0 Å². The first-order valence-corrected chi connectivity index (χ1v) is 7.09. The van der Waals surface area contributed by atoms with Crippen molar-refractivity contribution in [2.24, 2.45) is 5.84 Å². The Kier molecular flexibility index (Phi) is 2.89. The quantitative estimate of drug-likeness (QED) is 0.448. The molecule has 0 fully saturated rings. The van der Waals surface area contributed by atoms with E-state index in [1.165, 1.54) is 0 Å². The summed E-state index contributed by atoms with van der Waals surface area (Å²) in [7, 11) is 0. The Hall–Kier alpha value is -3.18. The van der Waals surface area contributed by atoms with E-state index in [0.29, 0.717) is 27.5 Å². The molecule has 3 aromatic rings. The lowest BCUT2D eigenvalue weighted by Crippen LogP contribution is -2.36. The summed E-state index contributed by atoms with van der Waals surface area (Å²) in [6, 6.07) is 18.2. The van der Waals surface area contributed by atoms with Crippen LogP contribution in [0.3, 0.4) is 0 Å². The van der Waals surface area contributed by atoms with Gasteiger partial charge in [-0.25, -0.2) is 10.9 Å². The molecule has 2 N–H and O–H groups in total. The minimum atomic E-state index is -0.520. The summed E-state index contributed by atoms with van der Waals surface area (Å²) in [5, 5.41) is 2.05. The van der Waals surface area contributed by atoms with Crippen LogP contribution in [0.2, 0.25) is 0 Å². The highest BCUT2D eigenvalue weighted by molar-refractivity contribution is 6.26. The molecule has 0 saturated carbocycles. The van der Waals surface area contributed by atoms with Crippen molar-refractivity contribution < 1.29 is 14.3 Å². The Morgan fingerprint density at radius 3 is 2.22 bits per heavy atom. The van der Waals surface area contributed by atoms with Crippen LogP contribution >= 0.6 is 0 Å². The van der Waals surface area contributed by atoms with Gasteiger partial charge in [0.15, 0.2) is 0 Å². The van der Waals surface area contributed by atoms with E-state index in [1.54, 1.807) is 12.1 Å². The van der Waals surface area contributed by atoms with Crippen molar-refractivity contribution in [2.45, 2.75) is 0 Å². The number of fused-ring (bicyclic) bond motifs is 3. The van der Waals surface area contributed by atoms with Gasteiger partial charge in [0.2, 0.25) is 0 Å². The van der Waals surface area contributed by atoms with E-state index >= 15 is 0 Å². The molecule has 23 heavy (non-hydrogen) atoms. The van der Waals surface area contributed by atoms with Crippen LogP contribution in [0.25, 0.3) is 10.8 Å². The number of rotatable bonds is 2. The number of carbonyl (C=O) groups excluding carboxylic acids is 2. The van der Waals surface area contributed by atoms with Crippen LogP contribution in [0.5, 0.6) is 11.5 Å². The number of benzene rings is 3. The maximum absolute atomic E-state index is 12.2. The minimum absolute atomic E-state index is 0.266. The zero-order valence-corrected chi connectivity index (χ0v) is 12.0. The summed E-state index contributed by atoms with van der Waals surface area (Å²) in [6.45, 7) is 0. The van der Waals surface area contributed by atoms with Crippen LogP contribution in [-0.4, -0.2) is 16.8 Å². The van der Waals surface area contributed by atoms with Crippen LogP contribution in [0.1, 0.15) is 20.7 Å². The minimum Gasteiger partial charge on any atom is -0.457 e. The molecule has 0 spiro atoms. The van der Waals surface area contributed by atoms with Gasteiger partial charge in [0, 0.05) is 5.39 Å². The summed E-state index contributed by atoms with van der Waals surface area (Å²) in [5.41, 5.74) is 0.593. The summed E-state index contributed by atoms with van der Waals surface area (Å²) >= 11 is 0. The van der Waals surface area contributed by atoms with Crippen LogP contribution in [-0.2, 0) is 0 Å². The van der Waals surface area contributed by atoms with Gasteiger partial charge in [-0.05, 0) is 23.6 Å². The number of imide groups is 1. The van der Waals surface area contributed by atoms with Crippen molar-refractivity contribution in [3.8, 4) is 11.5 Å². The van der Waals surface area contributed by atoms with Gasteiger partial charge in [-0.3, -0.25) is 9.59 Å². The summed E-state index contributed by atoms with van der Waals surface area (Å²) in [4.78, 5) is 24.4. The summed E-state index contributed by atoms with van der Waals surface area (Å²) < 4.78 is 5.91. The van der Waals surface area contributed by atoms with E-state index in [9.17, 15) is 9.59 Å². The molecule has 4 rings (SSSR count). The standard InChI is InChI=1S/C18H12N2O3/c19-20-17(21)14-10-15(23-11-6-2-1-3-7-11)12-8-4-5-9-13(12)16(14)18(20)22/h1-10H,19H2. The number of hydrazine groups is 1. The predicted molar refractivity (Wildman–Crippen MR) is 85.2 cm³/mol. The Bertz CT molecular complexity index is 951. The first kappa shape index (κ1) is 13.5. The normalized spacial score (nSPS) is 13.5. The highest BCUT2D eigenvalue weighted by Crippen LogP contribution is 2.37. The average molecular weight is 304 g/mol. The highest BCUT2D eigenvalue weighted by atomic mass is 16.5. The SMILES string of the molecule is NN1C(=O)c2cc(Oc3ccccc3)c3ccccc3c2C1=O. The number of ether oxygens (including phenoxy) is 1. The second-order valence-electron chi connectivity index (χ2n) is 5.24. The van der Waals surface area contributed by atoms with Gasteiger partial charge < -0.3 is 4.74 Å². The van der Waals surface area contributed by atoms with E-state index in [1.807, 2.05) is 48.5 Å². The first-order valence-electron chi connectivity index (χ1n) is 7.09. The lowest BCUT2D eigenvalue weighted by atomic mass is 9.99. The smallest absolute Gasteiger partial charge is 0.276 e. The Labute approximate surface area is 131 Å². The summed E-state index contributed by atoms with van der Waals surface area (Å²) in [5.74, 6) is 5.71. The van der Waals surface area contributed by atoms with Crippen molar-refractivity contribution in [1.82, 2.24) is 5.01 Å². The fourth-order valence-electron chi connectivity index (χ4n) is 2.78. The van der Waals surface area contributed by atoms with E-state index in [2.05, 4.69) is 0 Å². The molecule has 3 aromatic carbocycles. The van der Waals surface area contributed by atoms with Crippen LogP contribution in [0.4, 0.5) is 0 Å². The number of nitrogens with zero attached hydrogens (tertiary/aromatic N) is 1. The maximum Gasteiger partial charge on any atom is 0.276 e. The van der Waals surface area contributed by atoms with Crippen LogP contribution in [0, 0.1) is 0 Å². The van der Waals surface area contributed by atoms with Crippen molar-refractivity contribution in [3.05, 3.63) is 71.8 Å². The number of amides is 2. The largest absolute Gasteiger partial charge is 0.457 e. The number of hydrogen-bond acceptors (Lipinski definition) is 4. The molecule has 0 bridgehead atoms. The van der Waals surface area contributed by atoms with E-state index in [-0.39, 0.29) is 5.56 Å². The van der Waals surface area contributed by atoms with Gasteiger partial charge >= 0.3 is 0 Å². The third-order valence-corrected chi connectivity index (χ3v) is 3.86. The molecule has 0 saturated heterocycles. The zero-order chi connectivity index (χ0) is 16.0. The lowest BCUT2D eigenvalue weighted by Gasteiger charge is -2.11. The monoisotopic (exact) mass is 304 g/mol. The first-order chi connectivity index (χ1) is 11.2. The van der Waals surface area contributed by atoms with Crippen LogP contribution in [0.15, 0.2) is 60.7 Å². The van der Waals surface area contributed by atoms with Crippen molar-refractivity contribution >= 4 is 22.6 Å². The molecule has 0 radical (unpaired) electrons. The molecule has 1 aliphatic heterocycles. The fraction of sp³-hybridized carbons (Fsp3) is 0. The number of carbonyl (C=O) groups is 2. The third-order valence-electron chi connectivity index (χ3n) is 3.86. The van der Waals surface area contributed by atoms with Gasteiger partial charge in [-0.1, -0.05) is 42.5 Å². The molecule has 1 aliphatic rings. The van der Waals surface area contributed by atoms with E-state index in [4.69, 9.17) is 10.6 Å². The maximum atomic E-state index is 12.2. The van der Waals surface area contributed by atoms with Gasteiger partial charge in [0.1, 0.15) is 11.5 Å². The van der Waals surface area contributed by atoms with Gasteiger partial charge in [0.25, 0.3) is 11.8 Å². The molecular weight excluding hydrogens is 292 g/mol. The molecule has 0 atom stereocenters. The Morgan fingerprint density at radius 1 is 0.826 bits per heavy atom. The number of hydrogen-bond donors (Lipinski definition) is 1. The van der Waals surface area contributed by atoms with Crippen molar-refractivity contribution in [3.63, 3.8) is 0 Å². The highest BCUT2D eigenvalue weighted by Gasteiger charge is 2.36. The molecule has 0 aliphatic carbocycles. The molecule has 5 nitrogen and oxygen atoms in total. The van der Waals surface area contributed by atoms with Crippen molar-refractivity contribution in [2.75, 3.05) is 0 Å². The fourth-order valence-corrected chi connectivity index (χ4v) is 2.78. The topological polar surface area (TPSA) is 72.6 Å². The van der Waals surface area contributed by atoms with Crippen molar-refractivity contribution in [1.29, 1.82) is 0 Å². The average Bonchev–Trinajstić information content (AvgIpc) is 2.80. The van der Waals surface area contributed by atoms with Gasteiger partial charge in [0.05, 0.1) is 11.1 Å². The number of para-hydroxylation sites is 1. The molecule has 112 valence electrons. The molecular formula is C18H12N2O3. The van der Waals surface area contributed by atoms with Gasteiger partial charge in [-0.2, -0.15) is 0 Å². The zero-order valence-electron chi connectivity index (χ0n) is 12.0. The third kappa shape index (κ3) is 1.98. The van der Waals surface area contributed by atoms with Crippen LogP contribution < -0.4 is 10.6 Å².